The van der Waals surface area contributed by atoms with Gasteiger partial charge in [0.2, 0.25) is 0 Å². The summed E-state index contributed by atoms with van der Waals surface area (Å²) in [6.07, 6.45) is -0.664. The van der Waals surface area contributed by atoms with E-state index >= 15 is 0 Å². The molecule has 0 aromatic heterocycles. The predicted molar refractivity (Wildman–Crippen MR) is 192 cm³/mol. The Bertz CT molecular complexity index is 1590. The second-order valence-electron chi connectivity index (χ2n) is 13.2. The molecule has 0 aliphatic carbocycles. The lowest BCUT2D eigenvalue weighted by Crippen LogP contribution is -2.54. The summed E-state index contributed by atoms with van der Waals surface area (Å²) in [5.74, 6) is -2.15. The lowest BCUT2D eigenvalue weighted by atomic mass is 9.85. The quantitative estimate of drug-likeness (QED) is 0.113. The Balaban J connectivity index is 1.59. The minimum atomic E-state index is -1.26. The highest BCUT2D eigenvalue weighted by Gasteiger charge is 2.34. The maximum Gasteiger partial charge on any atom is 0.337 e. The fourth-order valence-corrected chi connectivity index (χ4v) is 5.62. The molecular formula is C41H48N2O6. The number of carboxylic acids is 1. The number of nitrogens with zero attached hydrogens (tertiary/aromatic N) is 1. The van der Waals surface area contributed by atoms with Crippen LogP contribution in [0.15, 0.2) is 115 Å². The third kappa shape index (κ3) is 11.6. The molecule has 258 valence electrons. The summed E-state index contributed by atoms with van der Waals surface area (Å²) in [4.78, 5) is 41.8. The first-order valence-electron chi connectivity index (χ1n) is 16.9. The van der Waals surface area contributed by atoms with Gasteiger partial charge in [0.25, 0.3) is 0 Å². The van der Waals surface area contributed by atoms with Crippen LogP contribution in [0.1, 0.15) is 50.3 Å². The van der Waals surface area contributed by atoms with E-state index in [-0.39, 0.29) is 38.1 Å². The van der Waals surface area contributed by atoms with Gasteiger partial charge in [-0.1, -0.05) is 143 Å². The number of esters is 1. The Morgan fingerprint density at radius 2 is 1.24 bits per heavy atom. The van der Waals surface area contributed by atoms with Gasteiger partial charge >= 0.3 is 18.0 Å². The number of urea groups is 1. The van der Waals surface area contributed by atoms with Crippen LogP contribution < -0.4 is 5.32 Å². The number of hydrogen-bond donors (Lipinski definition) is 2. The van der Waals surface area contributed by atoms with Gasteiger partial charge in [-0.25, -0.2) is 14.4 Å². The van der Waals surface area contributed by atoms with Crippen molar-refractivity contribution in [3.8, 4) is 11.1 Å². The molecule has 0 aliphatic heterocycles. The molecule has 0 spiro atoms. The Hall–Kier alpha value is -4.95. The average molecular weight is 665 g/mol. The van der Waals surface area contributed by atoms with Crippen LogP contribution in [0, 0.1) is 11.8 Å². The molecule has 0 heterocycles. The number of aliphatic carboxylic acids is 1. The monoisotopic (exact) mass is 664 g/mol. The zero-order chi connectivity index (χ0) is 35.2. The van der Waals surface area contributed by atoms with E-state index in [9.17, 15) is 19.5 Å². The molecule has 0 bridgehead atoms. The summed E-state index contributed by atoms with van der Waals surface area (Å²) < 4.78 is 11.6. The van der Waals surface area contributed by atoms with Crippen LogP contribution in [0.2, 0.25) is 0 Å². The number of hydrogen-bond acceptors (Lipinski definition) is 5. The number of nitrogens with one attached hydrogen (secondary N) is 1. The molecule has 2 N–H and O–H groups in total. The topological polar surface area (TPSA) is 105 Å². The minimum Gasteiger partial charge on any atom is -0.480 e. The molecule has 0 fully saturated rings. The number of carboxylic acid groups (broad SMARTS) is 1. The highest BCUT2D eigenvalue weighted by atomic mass is 16.6. The number of ether oxygens (including phenoxy) is 2. The molecule has 0 radical (unpaired) electrons. The first-order chi connectivity index (χ1) is 23.6. The SMILES string of the molecule is CC(C)CO[C@@H](CN(CC(C)C)C(=O)N[C@H](C(=O)O)C(Cc1ccccc1)c1ccc(-c2ccccc2)cc1)C(=O)OCc1ccccc1. The summed E-state index contributed by atoms with van der Waals surface area (Å²) in [6.45, 7) is 8.41. The average Bonchev–Trinajstić information content (AvgIpc) is 3.11. The fourth-order valence-electron chi connectivity index (χ4n) is 5.62. The second-order valence-corrected chi connectivity index (χ2v) is 13.2. The van der Waals surface area contributed by atoms with Gasteiger partial charge in [-0.3, -0.25) is 0 Å². The van der Waals surface area contributed by atoms with Gasteiger partial charge in [-0.05, 0) is 46.1 Å². The Morgan fingerprint density at radius 3 is 1.80 bits per heavy atom. The molecule has 0 saturated carbocycles. The van der Waals surface area contributed by atoms with Crippen LogP contribution in [0.5, 0.6) is 0 Å². The summed E-state index contributed by atoms with van der Waals surface area (Å²) >= 11 is 0. The van der Waals surface area contributed by atoms with Gasteiger partial charge in [0.05, 0.1) is 13.2 Å². The van der Waals surface area contributed by atoms with Gasteiger partial charge in [0, 0.05) is 12.5 Å². The van der Waals surface area contributed by atoms with E-state index in [2.05, 4.69) is 5.32 Å². The van der Waals surface area contributed by atoms with Crippen LogP contribution >= 0.6 is 0 Å². The van der Waals surface area contributed by atoms with E-state index in [0.717, 1.165) is 27.8 Å². The minimum absolute atomic E-state index is 0.0331. The zero-order valence-electron chi connectivity index (χ0n) is 28.8. The van der Waals surface area contributed by atoms with Crippen LogP contribution in [-0.2, 0) is 32.1 Å². The summed E-state index contributed by atoms with van der Waals surface area (Å²) in [5.41, 5.74) is 4.63. The Morgan fingerprint density at radius 1 is 0.694 bits per heavy atom. The van der Waals surface area contributed by atoms with Crippen molar-refractivity contribution >= 4 is 18.0 Å². The maximum atomic E-state index is 14.0. The molecule has 8 heteroatoms. The van der Waals surface area contributed by atoms with Crippen LogP contribution in [0.25, 0.3) is 11.1 Å². The number of benzene rings is 4. The smallest absolute Gasteiger partial charge is 0.337 e. The summed E-state index contributed by atoms with van der Waals surface area (Å²) in [5, 5.41) is 13.4. The third-order valence-electron chi connectivity index (χ3n) is 8.07. The van der Waals surface area contributed by atoms with Crippen LogP contribution in [-0.4, -0.2) is 59.8 Å². The molecule has 1 unspecified atom stereocenters. The highest BCUT2D eigenvalue weighted by molar-refractivity contribution is 5.84. The summed E-state index contributed by atoms with van der Waals surface area (Å²) in [6, 6.07) is 34.9. The fraction of sp³-hybridized carbons (Fsp3) is 0.341. The zero-order valence-corrected chi connectivity index (χ0v) is 28.8. The Labute approximate surface area is 290 Å². The van der Waals surface area contributed by atoms with Crippen molar-refractivity contribution in [2.45, 2.75) is 58.8 Å². The maximum absolute atomic E-state index is 14.0. The van der Waals surface area contributed by atoms with Crippen molar-refractivity contribution in [3.05, 3.63) is 132 Å². The van der Waals surface area contributed by atoms with Crippen LogP contribution in [0.3, 0.4) is 0 Å². The number of amides is 2. The molecular weight excluding hydrogens is 616 g/mol. The van der Waals surface area contributed by atoms with Crippen molar-refractivity contribution in [1.82, 2.24) is 10.2 Å². The van der Waals surface area contributed by atoms with Crippen molar-refractivity contribution in [3.63, 3.8) is 0 Å². The first-order valence-corrected chi connectivity index (χ1v) is 16.9. The molecule has 49 heavy (non-hydrogen) atoms. The van der Waals surface area contributed by atoms with E-state index in [1.807, 2.05) is 143 Å². The Kier molecular flexibility index (Phi) is 14.0. The standard InChI is InChI=1S/C41H48N2O6/c1-29(2)25-43(26-37(48-27-30(3)4)40(46)49-28-32-16-10-6-11-17-32)41(47)42-38(39(44)45)36(24-31-14-8-5-9-15-31)35-22-20-34(21-23-35)33-18-12-7-13-19-33/h5-23,29-30,36-38H,24-28H2,1-4H3,(H,42,47)(H,44,45)/t36?,37-,38-/m0/s1. The lowest BCUT2D eigenvalue weighted by molar-refractivity contribution is -0.160. The predicted octanol–water partition coefficient (Wildman–Crippen LogP) is 7.59. The van der Waals surface area contributed by atoms with Gasteiger partial charge in [0.15, 0.2) is 6.10 Å². The van der Waals surface area contributed by atoms with Crippen molar-refractivity contribution in [1.29, 1.82) is 0 Å². The van der Waals surface area contributed by atoms with Gasteiger partial charge < -0.3 is 24.8 Å². The molecule has 0 saturated heterocycles. The molecule has 4 aromatic rings. The van der Waals surface area contributed by atoms with E-state index in [1.54, 1.807) is 0 Å². The van der Waals surface area contributed by atoms with Crippen molar-refractivity contribution in [2.75, 3.05) is 19.7 Å². The van der Waals surface area contributed by atoms with Crippen molar-refractivity contribution in [2.24, 2.45) is 11.8 Å². The number of rotatable bonds is 17. The van der Waals surface area contributed by atoms with E-state index in [1.165, 1.54) is 4.90 Å². The highest BCUT2D eigenvalue weighted by Crippen LogP contribution is 2.28. The van der Waals surface area contributed by atoms with E-state index in [0.29, 0.717) is 6.42 Å². The summed E-state index contributed by atoms with van der Waals surface area (Å²) in [7, 11) is 0. The van der Waals surface area contributed by atoms with Crippen molar-refractivity contribution < 1.29 is 29.0 Å². The third-order valence-corrected chi connectivity index (χ3v) is 8.07. The first kappa shape index (κ1) is 36.9. The molecule has 4 aromatic carbocycles. The molecule has 3 atom stereocenters. The second kappa shape index (κ2) is 18.6. The van der Waals surface area contributed by atoms with Gasteiger partial charge in [-0.15, -0.1) is 0 Å². The molecule has 2 amide bonds. The van der Waals surface area contributed by atoms with Gasteiger partial charge in [-0.2, -0.15) is 0 Å². The van der Waals surface area contributed by atoms with E-state index in [4.69, 9.17) is 9.47 Å². The largest absolute Gasteiger partial charge is 0.480 e. The molecule has 8 nitrogen and oxygen atoms in total. The number of carbonyl (C=O) groups excluding carboxylic acids is 2. The van der Waals surface area contributed by atoms with Gasteiger partial charge in [0.1, 0.15) is 12.6 Å². The normalized spacial score (nSPS) is 13.0. The van der Waals surface area contributed by atoms with Crippen LogP contribution in [0.4, 0.5) is 4.79 Å². The molecule has 0 aliphatic rings. The lowest BCUT2D eigenvalue weighted by Gasteiger charge is -2.32. The van der Waals surface area contributed by atoms with E-state index < -0.39 is 36.0 Å². The molecule has 4 rings (SSSR count). The number of carbonyl (C=O) groups is 3.